The molecule has 51 heavy (non-hydrogen) atoms. The second kappa shape index (κ2) is 14.9. The Morgan fingerprint density at radius 2 is 1.08 bits per heavy atom. The summed E-state index contributed by atoms with van der Waals surface area (Å²) in [5.41, 5.74) is 4.24. The van der Waals surface area contributed by atoms with Crippen molar-refractivity contribution in [2.45, 2.75) is 129 Å². The molecule has 6 rings (SSSR count). The minimum Gasteiger partial charge on any atom is -0.478 e. The number of carboxylic acids is 1. The van der Waals surface area contributed by atoms with Crippen LogP contribution in [0.3, 0.4) is 0 Å². The Morgan fingerprint density at radius 3 is 1.43 bits per heavy atom. The molecule has 0 radical (unpaired) electrons. The lowest BCUT2D eigenvalue weighted by molar-refractivity contribution is 0.0210. The van der Waals surface area contributed by atoms with Crippen LogP contribution in [0.5, 0.6) is 0 Å². The average Bonchev–Trinajstić information content (AvgIpc) is 3.84. The second-order valence-corrected chi connectivity index (χ2v) is 16.9. The van der Waals surface area contributed by atoms with Crippen LogP contribution in [-0.2, 0) is 14.2 Å². The summed E-state index contributed by atoms with van der Waals surface area (Å²) < 4.78 is 16.1. The average molecular weight is 705 g/mol. The molecule has 0 heterocycles. The van der Waals surface area contributed by atoms with E-state index in [1.807, 2.05) is 83.4 Å². The van der Waals surface area contributed by atoms with E-state index < -0.39 is 17.2 Å². The number of hydrogen-bond donors (Lipinski definition) is 1. The summed E-state index contributed by atoms with van der Waals surface area (Å²) in [6, 6.07) is 11.2. The molecule has 2 aromatic rings. The van der Waals surface area contributed by atoms with Crippen molar-refractivity contribution >= 4 is 24.1 Å². The van der Waals surface area contributed by atoms with Crippen molar-refractivity contribution in [1.82, 2.24) is 9.80 Å². The normalized spacial score (nSPS) is 22.1. The van der Waals surface area contributed by atoms with Gasteiger partial charge in [-0.1, -0.05) is 12.1 Å². The second-order valence-electron chi connectivity index (χ2n) is 16.9. The smallest absolute Gasteiger partial charge is 0.410 e. The summed E-state index contributed by atoms with van der Waals surface area (Å²) in [7, 11) is 1.39. The van der Waals surface area contributed by atoms with Crippen LogP contribution in [-0.4, -0.2) is 82.5 Å². The van der Waals surface area contributed by atoms with E-state index in [0.29, 0.717) is 23.0 Å². The number of ether oxygens (including phenoxy) is 3. The van der Waals surface area contributed by atoms with Gasteiger partial charge in [-0.15, -0.1) is 0 Å². The number of benzene rings is 2. The standard InChI is InChI=1S/C21H29NO4.C20H27NO4/c1-13-6-9-15(19(23)25-5)10-16(13)17-11-18(17)22(12-14-7-8-14)20(24)26-21(2,3)4;1-12-5-8-14(18(22)23)9-15(12)16-10-17(16)21(11-13-6-7-13)19(24)25-20(2,3)4/h6,9-10,14,17-18H,7-8,11-12H2,1-5H3;5,8-9,13,16-17H,6-7,10-11H2,1-4H3,(H,22,23)/t17-,18+;16-,17+/m00/s1. The Bertz CT molecular complexity index is 1630. The van der Waals surface area contributed by atoms with E-state index in [2.05, 4.69) is 0 Å². The number of carbonyl (C=O) groups excluding carboxylic acids is 3. The molecule has 2 amide bonds. The van der Waals surface area contributed by atoms with E-state index in [4.69, 9.17) is 14.2 Å². The first-order valence-corrected chi connectivity index (χ1v) is 18.4. The molecule has 4 aliphatic carbocycles. The highest BCUT2D eigenvalue weighted by Gasteiger charge is 2.49. The van der Waals surface area contributed by atoms with Gasteiger partial charge in [-0.05, 0) is 152 Å². The molecule has 0 aliphatic heterocycles. The van der Waals surface area contributed by atoms with Gasteiger partial charge in [0.15, 0.2) is 0 Å². The third-order valence-corrected chi connectivity index (χ3v) is 9.90. The Morgan fingerprint density at radius 1 is 0.686 bits per heavy atom. The van der Waals surface area contributed by atoms with E-state index in [-0.39, 0.29) is 42.1 Å². The quantitative estimate of drug-likeness (QED) is 0.193. The summed E-state index contributed by atoms with van der Waals surface area (Å²) in [6.45, 7) is 16.9. The zero-order valence-electron chi connectivity index (χ0n) is 31.8. The van der Waals surface area contributed by atoms with Crippen molar-refractivity contribution in [1.29, 1.82) is 0 Å². The van der Waals surface area contributed by atoms with Crippen LogP contribution in [0.25, 0.3) is 0 Å². The molecular formula is C41H56N2O8. The molecule has 0 bridgehead atoms. The van der Waals surface area contributed by atoms with Crippen LogP contribution >= 0.6 is 0 Å². The van der Waals surface area contributed by atoms with Crippen molar-refractivity contribution < 1.29 is 38.5 Å². The highest BCUT2D eigenvalue weighted by atomic mass is 16.6. The van der Waals surface area contributed by atoms with Crippen LogP contribution in [0, 0.1) is 25.7 Å². The van der Waals surface area contributed by atoms with Gasteiger partial charge in [-0.25, -0.2) is 19.2 Å². The summed E-state index contributed by atoms with van der Waals surface area (Å²) >= 11 is 0. The first-order valence-electron chi connectivity index (χ1n) is 18.4. The zero-order valence-corrected chi connectivity index (χ0v) is 31.8. The number of aromatic carboxylic acids is 1. The SMILES string of the molecule is COC(=O)c1ccc(C)c([C@@H]2C[C@H]2N(CC2CC2)C(=O)OC(C)(C)C)c1.Cc1ccc(C(=O)O)cc1[C@@H]1C[C@H]1N(CC1CC1)C(=O)OC(C)(C)C. The van der Waals surface area contributed by atoms with E-state index in [1.54, 1.807) is 18.2 Å². The molecule has 0 spiro atoms. The van der Waals surface area contributed by atoms with Gasteiger partial charge in [0.2, 0.25) is 0 Å². The van der Waals surface area contributed by atoms with Crippen LogP contribution in [0.2, 0.25) is 0 Å². The fourth-order valence-corrected chi connectivity index (χ4v) is 6.67. The number of esters is 1. The molecule has 10 nitrogen and oxygen atoms in total. The molecular weight excluding hydrogens is 648 g/mol. The fourth-order valence-electron chi connectivity index (χ4n) is 6.67. The van der Waals surface area contributed by atoms with Crippen molar-refractivity contribution in [3.8, 4) is 0 Å². The lowest BCUT2D eigenvalue weighted by Gasteiger charge is -2.28. The lowest BCUT2D eigenvalue weighted by Crippen LogP contribution is -2.40. The molecule has 4 saturated carbocycles. The van der Waals surface area contributed by atoms with Crippen LogP contribution < -0.4 is 0 Å². The molecule has 2 aromatic carbocycles. The summed E-state index contributed by atoms with van der Waals surface area (Å²) in [4.78, 5) is 52.3. The minimum atomic E-state index is -0.916. The molecule has 4 fully saturated rings. The maximum Gasteiger partial charge on any atom is 0.410 e. The van der Waals surface area contributed by atoms with E-state index in [1.165, 1.54) is 32.8 Å². The molecule has 278 valence electrons. The van der Waals surface area contributed by atoms with Gasteiger partial charge >= 0.3 is 24.1 Å². The molecule has 0 unspecified atom stereocenters. The Hall–Kier alpha value is -4.08. The van der Waals surface area contributed by atoms with E-state index >= 15 is 0 Å². The molecule has 1 N–H and O–H groups in total. The number of carboxylic acid groups (broad SMARTS) is 1. The Balaban J connectivity index is 0.000000198. The van der Waals surface area contributed by atoms with Gasteiger partial charge in [0.05, 0.1) is 18.2 Å². The maximum absolute atomic E-state index is 12.7. The van der Waals surface area contributed by atoms with Gasteiger partial charge in [-0.2, -0.15) is 0 Å². The number of carbonyl (C=O) groups is 4. The van der Waals surface area contributed by atoms with Crippen molar-refractivity contribution in [3.05, 3.63) is 69.8 Å². The number of hydrogen-bond acceptors (Lipinski definition) is 7. The third-order valence-electron chi connectivity index (χ3n) is 9.90. The summed E-state index contributed by atoms with van der Waals surface area (Å²) in [5.74, 6) is 0.397. The summed E-state index contributed by atoms with van der Waals surface area (Å²) in [6.07, 6.45) is 6.03. The van der Waals surface area contributed by atoms with Gasteiger partial charge in [0.1, 0.15) is 11.2 Å². The zero-order chi connectivity index (χ0) is 37.4. The van der Waals surface area contributed by atoms with Gasteiger partial charge < -0.3 is 29.1 Å². The molecule has 4 aliphatic rings. The van der Waals surface area contributed by atoms with E-state index in [9.17, 15) is 24.3 Å². The van der Waals surface area contributed by atoms with Crippen LogP contribution in [0.1, 0.15) is 135 Å². The molecule has 4 atom stereocenters. The van der Waals surface area contributed by atoms with E-state index in [0.717, 1.165) is 48.2 Å². The topological polar surface area (TPSA) is 123 Å². The fraction of sp³-hybridized carbons (Fsp3) is 0.610. The predicted octanol–water partition coefficient (Wildman–Crippen LogP) is 8.48. The van der Waals surface area contributed by atoms with Gasteiger partial charge in [0.25, 0.3) is 0 Å². The maximum atomic E-state index is 12.7. The van der Waals surface area contributed by atoms with Gasteiger partial charge in [-0.3, -0.25) is 0 Å². The lowest BCUT2D eigenvalue weighted by atomic mass is 10.0. The number of aryl methyl sites for hydroxylation is 2. The first kappa shape index (κ1) is 38.2. The monoisotopic (exact) mass is 704 g/mol. The minimum absolute atomic E-state index is 0.109. The number of rotatable bonds is 10. The first-order chi connectivity index (χ1) is 23.8. The third kappa shape index (κ3) is 10.5. The van der Waals surface area contributed by atoms with Crippen molar-refractivity contribution in [2.75, 3.05) is 20.2 Å². The largest absolute Gasteiger partial charge is 0.478 e. The van der Waals surface area contributed by atoms with Crippen molar-refractivity contribution in [2.24, 2.45) is 11.8 Å². The molecule has 10 heteroatoms. The number of nitrogens with zero attached hydrogens (tertiary/aromatic N) is 2. The van der Waals surface area contributed by atoms with Crippen LogP contribution in [0.4, 0.5) is 9.59 Å². The Labute approximate surface area is 302 Å². The van der Waals surface area contributed by atoms with Crippen LogP contribution in [0.15, 0.2) is 36.4 Å². The number of amides is 2. The highest BCUT2D eigenvalue weighted by molar-refractivity contribution is 5.90. The number of methoxy groups -OCH3 is 1. The van der Waals surface area contributed by atoms with Gasteiger partial charge in [0, 0.05) is 37.0 Å². The highest BCUT2D eigenvalue weighted by Crippen LogP contribution is 2.49. The summed E-state index contributed by atoms with van der Waals surface area (Å²) in [5, 5.41) is 9.24. The Kier molecular flexibility index (Phi) is 11.1. The van der Waals surface area contributed by atoms with Crippen molar-refractivity contribution in [3.63, 3.8) is 0 Å². The molecule has 0 saturated heterocycles. The molecule has 0 aromatic heterocycles. The predicted molar refractivity (Wildman–Crippen MR) is 194 cm³/mol.